The molecule has 3 aromatic rings. The van der Waals surface area contributed by atoms with Crippen LogP contribution in [-0.4, -0.2) is 22.5 Å². The quantitative estimate of drug-likeness (QED) is 0.526. The van der Waals surface area contributed by atoms with Crippen LogP contribution >= 0.6 is 12.2 Å². The third-order valence-corrected chi connectivity index (χ3v) is 4.19. The Morgan fingerprint density at radius 2 is 1.91 bits per heavy atom. The van der Waals surface area contributed by atoms with Gasteiger partial charge in [-0.05, 0) is 49.0 Å². The summed E-state index contributed by atoms with van der Waals surface area (Å²) in [5, 5.41) is 2.26. The van der Waals surface area contributed by atoms with Gasteiger partial charge in [-0.3, -0.25) is 9.69 Å². The summed E-state index contributed by atoms with van der Waals surface area (Å²) >= 11 is 5.06. The molecule has 1 fully saturated rings. The minimum atomic E-state index is -0.199. The van der Waals surface area contributed by atoms with Crippen LogP contribution in [-0.2, 0) is 9.53 Å². The average Bonchev–Trinajstić information content (AvgIpc) is 3.05. The number of ether oxygens (including phenoxy) is 1. The normalized spacial score (nSPS) is 16.7. The number of likely N-dealkylation sites (N-methyl/N-ethyl adjacent to an activating group) is 1. The minimum absolute atomic E-state index is 0.199. The highest BCUT2D eigenvalue weighted by Crippen LogP contribution is 2.30. The minimum Gasteiger partial charge on any atom is -0.456 e. The first-order chi connectivity index (χ1) is 11.2. The van der Waals surface area contributed by atoms with Crippen molar-refractivity contribution in [2.24, 2.45) is 0 Å². The maximum Gasteiger partial charge on any atom is 0.297 e. The maximum atomic E-state index is 12.2. The van der Waals surface area contributed by atoms with Crippen LogP contribution in [0.1, 0.15) is 12.5 Å². The monoisotopic (exact) mass is 323 g/mol. The van der Waals surface area contributed by atoms with Crippen LogP contribution in [0.3, 0.4) is 0 Å². The van der Waals surface area contributed by atoms with Crippen LogP contribution in [0.2, 0.25) is 0 Å². The smallest absolute Gasteiger partial charge is 0.297 e. The number of nitrogens with zero attached hydrogens (tertiary/aromatic N) is 1. The molecule has 0 N–H and O–H groups in total. The lowest BCUT2D eigenvalue weighted by molar-refractivity contribution is -0.122. The lowest BCUT2D eigenvalue weighted by atomic mass is 10.1. The van der Waals surface area contributed by atoms with E-state index in [4.69, 9.17) is 21.4 Å². The molecule has 5 heteroatoms. The number of furan rings is 1. The topological polar surface area (TPSA) is 42.7 Å². The zero-order valence-corrected chi connectivity index (χ0v) is 13.2. The molecule has 0 saturated carbocycles. The highest BCUT2D eigenvalue weighted by Gasteiger charge is 2.31. The first kappa shape index (κ1) is 14.0. The van der Waals surface area contributed by atoms with Crippen LogP contribution in [0.15, 0.2) is 52.6 Å². The maximum absolute atomic E-state index is 12.2. The van der Waals surface area contributed by atoms with E-state index in [1.807, 2.05) is 49.4 Å². The SMILES string of the molecule is CCN1C(=O)C(=Cc2ccc3oc4ccccc4c3c2)OC1=S. The van der Waals surface area contributed by atoms with Gasteiger partial charge in [-0.15, -0.1) is 0 Å². The number of para-hydroxylation sites is 1. The Kier molecular flexibility index (Phi) is 3.16. The second kappa shape index (κ2) is 5.21. The summed E-state index contributed by atoms with van der Waals surface area (Å²) in [7, 11) is 0. The Hall–Kier alpha value is -2.66. The van der Waals surface area contributed by atoms with Crippen molar-refractivity contribution in [1.29, 1.82) is 0 Å². The predicted molar refractivity (Wildman–Crippen MR) is 92.8 cm³/mol. The molecule has 0 radical (unpaired) electrons. The fourth-order valence-electron chi connectivity index (χ4n) is 2.76. The first-order valence-electron chi connectivity index (χ1n) is 7.34. The summed E-state index contributed by atoms with van der Waals surface area (Å²) in [6.45, 7) is 2.36. The second-order valence-corrected chi connectivity index (χ2v) is 5.63. The standard InChI is InChI=1S/C18H13NO3S/c1-2-19-17(20)16(22-18(19)23)10-11-7-8-15-13(9-11)12-5-3-4-6-14(12)21-15/h3-10H,2H2,1H3. The molecule has 23 heavy (non-hydrogen) atoms. The van der Waals surface area contributed by atoms with E-state index in [0.29, 0.717) is 6.54 Å². The molecule has 1 saturated heterocycles. The molecule has 0 spiro atoms. The van der Waals surface area contributed by atoms with E-state index >= 15 is 0 Å². The van der Waals surface area contributed by atoms with Crippen molar-refractivity contribution >= 4 is 51.3 Å². The van der Waals surface area contributed by atoms with E-state index in [0.717, 1.165) is 27.5 Å². The Bertz CT molecular complexity index is 986. The number of amides is 1. The highest BCUT2D eigenvalue weighted by molar-refractivity contribution is 7.80. The van der Waals surface area contributed by atoms with E-state index < -0.39 is 0 Å². The van der Waals surface area contributed by atoms with E-state index in [-0.39, 0.29) is 16.8 Å². The summed E-state index contributed by atoms with van der Waals surface area (Å²) in [6.07, 6.45) is 1.71. The highest BCUT2D eigenvalue weighted by atomic mass is 32.1. The lowest BCUT2D eigenvalue weighted by Crippen LogP contribution is -2.27. The molecule has 1 aliphatic rings. The van der Waals surface area contributed by atoms with Crippen LogP contribution < -0.4 is 0 Å². The van der Waals surface area contributed by atoms with Crippen LogP contribution in [0.5, 0.6) is 0 Å². The zero-order valence-electron chi connectivity index (χ0n) is 12.4. The first-order valence-corrected chi connectivity index (χ1v) is 7.75. The van der Waals surface area contributed by atoms with Gasteiger partial charge in [0.15, 0.2) is 5.76 Å². The molecule has 114 valence electrons. The van der Waals surface area contributed by atoms with Crippen molar-refractivity contribution in [1.82, 2.24) is 4.90 Å². The molecule has 0 unspecified atom stereocenters. The summed E-state index contributed by atoms with van der Waals surface area (Å²) in [5.41, 5.74) is 2.53. The van der Waals surface area contributed by atoms with Crippen molar-refractivity contribution in [2.45, 2.75) is 6.92 Å². The Balaban J connectivity index is 1.81. The number of carbonyl (C=O) groups excluding carboxylic acids is 1. The van der Waals surface area contributed by atoms with Crippen molar-refractivity contribution in [3.63, 3.8) is 0 Å². The van der Waals surface area contributed by atoms with Crippen molar-refractivity contribution in [3.8, 4) is 0 Å². The third-order valence-electron chi connectivity index (χ3n) is 3.89. The van der Waals surface area contributed by atoms with Gasteiger partial charge in [0, 0.05) is 17.3 Å². The summed E-state index contributed by atoms with van der Waals surface area (Å²) in [6, 6.07) is 13.7. The lowest BCUT2D eigenvalue weighted by Gasteiger charge is -2.06. The summed E-state index contributed by atoms with van der Waals surface area (Å²) in [5.74, 6) is 0.0543. The van der Waals surface area contributed by atoms with Crippen LogP contribution in [0, 0.1) is 0 Å². The van der Waals surface area contributed by atoms with Gasteiger partial charge in [0.1, 0.15) is 11.2 Å². The molecule has 1 amide bonds. The molecule has 0 bridgehead atoms. The molecule has 4 nitrogen and oxygen atoms in total. The molecular weight excluding hydrogens is 310 g/mol. The van der Waals surface area contributed by atoms with Crippen molar-refractivity contribution < 1.29 is 13.9 Å². The number of thiocarbonyl (C=S) groups is 1. The number of hydrogen-bond acceptors (Lipinski definition) is 4. The Morgan fingerprint density at radius 3 is 2.70 bits per heavy atom. The van der Waals surface area contributed by atoms with Gasteiger partial charge in [0.2, 0.25) is 0 Å². The molecule has 2 heterocycles. The molecule has 0 aliphatic carbocycles. The summed E-state index contributed by atoms with van der Waals surface area (Å²) in [4.78, 5) is 13.6. The Morgan fingerprint density at radius 1 is 1.13 bits per heavy atom. The predicted octanol–water partition coefficient (Wildman–Crippen LogP) is 4.09. The third kappa shape index (κ3) is 2.21. The van der Waals surface area contributed by atoms with Gasteiger partial charge in [0.05, 0.1) is 0 Å². The second-order valence-electron chi connectivity index (χ2n) is 5.28. The molecular formula is C18H13NO3S. The van der Waals surface area contributed by atoms with Gasteiger partial charge < -0.3 is 9.15 Å². The largest absolute Gasteiger partial charge is 0.456 e. The van der Waals surface area contributed by atoms with Crippen LogP contribution in [0.4, 0.5) is 0 Å². The van der Waals surface area contributed by atoms with Crippen molar-refractivity contribution in [2.75, 3.05) is 6.54 Å². The van der Waals surface area contributed by atoms with Gasteiger partial charge in [-0.1, -0.05) is 24.3 Å². The molecule has 1 aromatic heterocycles. The van der Waals surface area contributed by atoms with Gasteiger partial charge in [-0.2, -0.15) is 0 Å². The molecule has 2 aromatic carbocycles. The molecule has 4 rings (SSSR count). The Labute approximate surface area is 137 Å². The van der Waals surface area contributed by atoms with E-state index in [2.05, 4.69) is 0 Å². The molecule has 0 atom stereocenters. The van der Waals surface area contributed by atoms with E-state index in [1.54, 1.807) is 6.08 Å². The van der Waals surface area contributed by atoms with E-state index in [9.17, 15) is 4.79 Å². The number of carbonyl (C=O) groups is 1. The van der Waals surface area contributed by atoms with Crippen LogP contribution in [0.25, 0.3) is 28.0 Å². The number of fused-ring (bicyclic) bond motifs is 3. The van der Waals surface area contributed by atoms with Gasteiger partial charge in [0.25, 0.3) is 11.1 Å². The van der Waals surface area contributed by atoms with Gasteiger partial charge in [-0.25, -0.2) is 0 Å². The zero-order chi connectivity index (χ0) is 16.0. The summed E-state index contributed by atoms with van der Waals surface area (Å²) < 4.78 is 11.2. The number of benzene rings is 2. The average molecular weight is 323 g/mol. The van der Waals surface area contributed by atoms with Crippen molar-refractivity contribution in [3.05, 3.63) is 53.8 Å². The van der Waals surface area contributed by atoms with E-state index in [1.165, 1.54) is 4.90 Å². The number of rotatable bonds is 2. The fraction of sp³-hybridized carbons (Fsp3) is 0.111. The number of hydrogen-bond donors (Lipinski definition) is 0. The molecule has 1 aliphatic heterocycles. The van der Waals surface area contributed by atoms with Gasteiger partial charge >= 0.3 is 0 Å². The fourth-order valence-corrected chi connectivity index (χ4v) is 3.06.